The first kappa shape index (κ1) is 14.5. The quantitative estimate of drug-likeness (QED) is 0.880. The molecule has 23 heavy (non-hydrogen) atoms. The van der Waals surface area contributed by atoms with Gasteiger partial charge < -0.3 is 5.32 Å². The lowest BCUT2D eigenvalue weighted by Gasteiger charge is -2.27. The third-order valence-corrected chi connectivity index (χ3v) is 4.78. The Morgan fingerprint density at radius 1 is 1.17 bits per heavy atom. The average molecular weight is 324 g/mol. The zero-order valence-corrected chi connectivity index (χ0v) is 14.0. The van der Waals surface area contributed by atoms with E-state index in [1.807, 2.05) is 44.2 Å². The van der Waals surface area contributed by atoms with E-state index in [0.29, 0.717) is 0 Å². The van der Waals surface area contributed by atoms with Gasteiger partial charge in [-0.1, -0.05) is 29.8 Å². The predicted octanol–water partition coefficient (Wildman–Crippen LogP) is 4.28. The Hall–Kier alpha value is -2.06. The molecule has 0 unspecified atom stereocenters. The third-order valence-electron chi connectivity index (χ3n) is 4.53. The number of fused-ring (bicyclic) bond motifs is 2. The molecule has 2 nitrogen and oxygen atoms in total. The molecular formula is C20H18ClNO. The lowest BCUT2D eigenvalue weighted by molar-refractivity contribution is -0.118. The Morgan fingerprint density at radius 2 is 1.91 bits per heavy atom. The van der Waals surface area contributed by atoms with Crippen molar-refractivity contribution in [3.8, 4) is 0 Å². The second-order valence-corrected chi connectivity index (χ2v) is 7.48. The van der Waals surface area contributed by atoms with Crippen LogP contribution in [0.25, 0.3) is 0 Å². The zero-order chi connectivity index (χ0) is 16.2. The van der Waals surface area contributed by atoms with Gasteiger partial charge in [-0.15, -0.1) is 0 Å². The molecule has 1 aromatic carbocycles. The van der Waals surface area contributed by atoms with Gasteiger partial charge in [-0.2, -0.15) is 0 Å². The largest absolute Gasteiger partial charge is 0.347 e. The maximum atomic E-state index is 12.7. The third kappa shape index (κ3) is 2.68. The van der Waals surface area contributed by atoms with Gasteiger partial charge in [-0.3, -0.25) is 4.79 Å². The normalized spacial score (nSPS) is 18.1. The first-order valence-corrected chi connectivity index (χ1v) is 8.24. The van der Waals surface area contributed by atoms with Crippen molar-refractivity contribution in [2.24, 2.45) is 0 Å². The van der Waals surface area contributed by atoms with Crippen LogP contribution < -0.4 is 5.32 Å². The van der Waals surface area contributed by atoms with Crippen molar-refractivity contribution in [2.45, 2.75) is 32.2 Å². The van der Waals surface area contributed by atoms with E-state index in [4.69, 9.17) is 11.6 Å². The number of allylic oxidation sites excluding steroid dienone is 6. The van der Waals surface area contributed by atoms with Crippen LogP contribution in [-0.2, 0) is 11.2 Å². The summed E-state index contributed by atoms with van der Waals surface area (Å²) < 4.78 is 0. The number of carbonyl (C=O) groups is 1. The zero-order valence-electron chi connectivity index (χ0n) is 13.2. The van der Waals surface area contributed by atoms with Crippen LogP contribution in [-0.4, -0.2) is 11.4 Å². The van der Waals surface area contributed by atoms with Gasteiger partial charge in [0, 0.05) is 16.1 Å². The van der Waals surface area contributed by atoms with Crippen LogP contribution in [0.5, 0.6) is 0 Å². The predicted molar refractivity (Wildman–Crippen MR) is 93.3 cm³/mol. The number of nitrogens with one attached hydrogen (secondary N) is 1. The van der Waals surface area contributed by atoms with Crippen molar-refractivity contribution in [1.82, 2.24) is 5.32 Å². The van der Waals surface area contributed by atoms with Crippen molar-refractivity contribution < 1.29 is 4.79 Å². The highest BCUT2D eigenvalue weighted by Gasteiger charge is 2.36. The second-order valence-electron chi connectivity index (χ2n) is 7.04. The van der Waals surface area contributed by atoms with Crippen LogP contribution in [0.1, 0.15) is 25.8 Å². The van der Waals surface area contributed by atoms with Crippen molar-refractivity contribution in [1.29, 1.82) is 0 Å². The van der Waals surface area contributed by atoms with Crippen molar-refractivity contribution >= 4 is 17.5 Å². The van der Waals surface area contributed by atoms with Crippen molar-refractivity contribution in [3.63, 3.8) is 0 Å². The van der Waals surface area contributed by atoms with Crippen LogP contribution in [0, 0.1) is 0 Å². The van der Waals surface area contributed by atoms with Crippen LogP contribution in [0.3, 0.4) is 0 Å². The molecule has 1 amide bonds. The first-order chi connectivity index (χ1) is 10.9. The van der Waals surface area contributed by atoms with Gasteiger partial charge >= 0.3 is 0 Å². The number of amides is 1. The van der Waals surface area contributed by atoms with Crippen molar-refractivity contribution in [3.05, 3.63) is 80.9 Å². The molecule has 0 aromatic heterocycles. The van der Waals surface area contributed by atoms with E-state index in [-0.39, 0.29) is 11.4 Å². The molecule has 0 radical (unpaired) electrons. The molecule has 0 heterocycles. The van der Waals surface area contributed by atoms with Gasteiger partial charge in [0.1, 0.15) is 0 Å². The number of hydrogen-bond acceptors (Lipinski definition) is 1. The molecular weight excluding hydrogens is 306 g/mol. The molecule has 0 atom stereocenters. The Bertz CT molecular complexity index is 835. The number of benzene rings is 1. The van der Waals surface area contributed by atoms with Crippen molar-refractivity contribution in [2.75, 3.05) is 0 Å². The van der Waals surface area contributed by atoms with E-state index < -0.39 is 0 Å². The summed E-state index contributed by atoms with van der Waals surface area (Å²) in [6.45, 7) is 4.10. The SMILES string of the molecule is CC(C)(Cc1ccc(Cl)cc1)NC(=O)C1=C2C=C3CC3=C2C=C1. The molecule has 1 fully saturated rings. The minimum absolute atomic E-state index is 0.00367. The Labute approximate surface area is 141 Å². The molecule has 1 aromatic rings. The van der Waals surface area contributed by atoms with Gasteiger partial charge in [0.2, 0.25) is 0 Å². The topological polar surface area (TPSA) is 29.1 Å². The molecule has 4 rings (SSSR count). The molecule has 116 valence electrons. The van der Waals surface area contributed by atoms with E-state index in [2.05, 4.69) is 17.5 Å². The minimum Gasteiger partial charge on any atom is -0.347 e. The van der Waals surface area contributed by atoms with Gasteiger partial charge in [0.05, 0.1) is 0 Å². The van der Waals surface area contributed by atoms with Gasteiger partial charge in [0.15, 0.2) is 0 Å². The summed E-state index contributed by atoms with van der Waals surface area (Å²) in [4.78, 5) is 12.7. The van der Waals surface area contributed by atoms with E-state index in [1.54, 1.807) is 0 Å². The highest BCUT2D eigenvalue weighted by atomic mass is 35.5. The standard InChI is InChI=1S/C20H18ClNO/c1-20(2,11-12-3-5-14(21)6-4-12)22-19(23)16-8-7-15-17-9-13(17)10-18(15)16/h3-8,10H,9,11H2,1-2H3,(H,22,23). The van der Waals surface area contributed by atoms with Crippen LogP contribution >= 0.6 is 11.6 Å². The maximum absolute atomic E-state index is 12.7. The van der Waals surface area contributed by atoms with Gasteiger partial charge in [-0.05, 0) is 78.8 Å². The number of carbonyl (C=O) groups excluding carboxylic acids is 1. The van der Waals surface area contributed by atoms with Crippen LogP contribution in [0.15, 0.2) is 70.4 Å². The molecule has 3 aliphatic carbocycles. The lowest BCUT2D eigenvalue weighted by atomic mass is 9.94. The fraction of sp³-hybridized carbons (Fsp3) is 0.250. The molecule has 0 aliphatic heterocycles. The molecule has 3 aliphatic rings. The molecule has 0 spiro atoms. The number of halogens is 1. The molecule has 1 saturated carbocycles. The van der Waals surface area contributed by atoms with Crippen LogP contribution in [0.4, 0.5) is 0 Å². The maximum Gasteiger partial charge on any atom is 0.252 e. The lowest BCUT2D eigenvalue weighted by Crippen LogP contribution is -2.45. The fourth-order valence-electron chi connectivity index (χ4n) is 3.37. The second kappa shape index (κ2) is 4.97. The molecule has 0 bridgehead atoms. The van der Waals surface area contributed by atoms with E-state index in [0.717, 1.165) is 34.6 Å². The van der Waals surface area contributed by atoms with Gasteiger partial charge in [0.25, 0.3) is 5.91 Å². The Kier molecular flexibility index (Phi) is 3.14. The summed E-state index contributed by atoms with van der Waals surface area (Å²) in [5.41, 5.74) is 6.78. The molecule has 1 N–H and O–H groups in total. The smallest absolute Gasteiger partial charge is 0.252 e. The highest BCUT2D eigenvalue weighted by Crippen LogP contribution is 2.51. The van der Waals surface area contributed by atoms with Gasteiger partial charge in [-0.25, -0.2) is 0 Å². The van der Waals surface area contributed by atoms with E-state index >= 15 is 0 Å². The first-order valence-electron chi connectivity index (χ1n) is 7.87. The Balaban J connectivity index is 1.49. The molecule has 3 heteroatoms. The van der Waals surface area contributed by atoms with Crippen LogP contribution in [0.2, 0.25) is 5.02 Å². The summed E-state index contributed by atoms with van der Waals surface area (Å²) in [6, 6.07) is 7.78. The summed E-state index contributed by atoms with van der Waals surface area (Å²) >= 11 is 5.93. The minimum atomic E-state index is -0.323. The van der Waals surface area contributed by atoms with E-state index in [9.17, 15) is 4.79 Å². The van der Waals surface area contributed by atoms with E-state index in [1.165, 1.54) is 16.7 Å². The number of hydrogen-bond donors (Lipinski definition) is 1. The summed E-state index contributed by atoms with van der Waals surface area (Å²) in [5.74, 6) is 0.00367. The molecule has 0 saturated heterocycles. The highest BCUT2D eigenvalue weighted by molar-refractivity contribution is 6.30. The average Bonchev–Trinajstić information content (AvgIpc) is 2.96. The summed E-state index contributed by atoms with van der Waals surface area (Å²) in [7, 11) is 0. The number of rotatable bonds is 4. The fourth-order valence-corrected chi connectivity index (χ4v) is 3.49. The monoisotopic (exact) mass is 323 g/mol. The summed E-state index contributed by atoms with van der Waals surface area (Å²) in [5, 5.41) is 3.90. The summed E-state index contributed by atoms with van der Waals surface area (Å²) in [6.07, 6.45) is 8.03. The Morgan fingerprint density at radius 3 is 2.65 bits per heavy atom.